The number of benzene rings is 1. The van der Waals surface area contributed by atoms with Gasteiger partial charge < -0.3 is 4.74 Å². The van der Waals surface area contributed by atoms with E-state index in [4.69, 9.17) is 4.74 Å². The summed E-state index contributed by atoms with van der Waals surface area (Å²) in [6.45, 7) is 6.57. The molecular weight excluding hydrogens is 278 g/mol. The summed E-state index contributed by atoms with van der Waals surface area (Å²) in [7, 11) is 0. The van der Waals surface area contributed by atoms with Crippen LogP contribution in [-0.2, 0) is 20.9 Å². The van der Waals surface area contributed by atoms with Gasteiger partial charge in [-0.15, -0.1) is 0 Å². The van der Waals surface area contributed by atoms with Crippen molar-refractivity contribution in [3.63, 3.8) is 0 Å². The lowest BCUT2D eigenvalue weighted by molar-refractivity contribution is -0.154. The highest BCUT2D eigenvalue weighted by Crippen LogP contribution is 2.59. The van der Waals surface area contributed by atoms with Crippen molar-refractivity contribution in [1.29, 1.82) is 0 Å². The van der Waals surface area contributed by atoms with Gasteiger partial charge in [-0.25, -0.2) is 0 Å². The van der Waals surface area contributed by atoms with Crippen molar-refractivity contribution in [2.24, 2.45) is 11.3 Å². The second-order valence-corrected chi connectivity index (χ2v) is 7.13. The number of ether oxygens (including phenoxy) is 1. The first kappa shape index (κ1) is 15.2. The summed E-state index contributed by atoms with van der Waals surface area (Å²) in [5, 5.41) is 0. The molecule has 4 heteroatoms. The van der Waals surface area contributed by atoms with Crippen molar-refractivity contribution in [3.05, 3.63) is 35.9 Å². The van der Waals surface area contributed by atoms with E-state index in [0.29, 0.717) is 6.61 Å². The smallest absolute Gasteiger partial charge is 0.255 e. The number of carbonyl (C=O) groups excluding carboxylic acids is 2. The SMILES string of the molecule is CC1(C)[C@@H]2CC[C@@]1(C)N(C(=O)COCc1ccccc1)C2=O. The lowest BCUT2D eigenvalue weighted by Gasteiger charge is -2.39. The molecule has 22 heavy (non-hydrogen) atoms. The van der Waals surface area contributed by atoms with Gasteiger partial charge in [0.15, 0.2) is 0 Å². The maximum Gasteiger partial charge on any atom is 0.255 e. The zero-order valence-electron chi connectivity index (χ0n) is 13.5. The maximum absolute atomic E-state index is 12.5. The third-order valence-electron chi connectivity index (χ3n) is 5.78. The molecule has 1 aromatic rings. The van der Waals surface area contributed by atoms with Crippen molar-refractivity contribution in [3.8, 4) is 0 Å². The van der Waals surface area contributed by atoms with Crippen LogP contribution in [0, 0.1) is 11.3 Å². The molecule has 1 saturated heterocycles. The predicted molar refractivity (Wildman–Crippen MR) is 82.9 cm³/mol. The highest BCUT2D eigenvalue weighted by atomic mass is 16.5. The Hall–Kier alpha value is -1.68. The number of amides is 2. The van der Waals surface area contributed by atoms with Crippen LogP contribution in [-0.4, -0.2) is 28.9 Å². The van der Waals surface area contributed by atoms with Gasteiger partial charge >= 0.3 is 0 Å². The second-order valence-electron chi connectivity index (χ2n) is 7.13. The van der Waals surface area contributed by atoms with E-state index in [1.54, 1.807) is 0 Å². The molecule has 2 atom stereocenters. The fourth-order valence-electron chi connectivity index (χ4n) is 4.01. The average Bonchev–Trinajstić information content (AvgIpc) is 2.78. The minimum Gasteiger partial charge on any atom is -0.367 e. The predicted octanol–water partition coefficient (Wildman–Crippen LogP) is 2.77. The van der Waals surface area contributed by atoms with Gasteiger partial charge in [-0.2, -0.15) is 0 Å². The number of hydrogen-bond acceptors (Lipinski definition) is 3. The van der Waals surface area contributed by atoms with E-state index < -0.39 is 0 Å². The summed E-state index contributed by atoms with van der Waals surface area (Å²) in [4.78, 5) is 26.5. The largest absolute Gasteiger partial charge is 0.367 e. The summed E-state index contributed by atoms with van der Waals surface area (Å²) in [6.07, 6.45) is 1.78. The zero-order valence-corrected chi connectivity index (χ0v) is 13.5. The molecule has 0 N–H and O–H groups in total. The Bertz CT molecular complexity index is 596. The molecule has 0 radical (unpaired) electrons. The minimum atomic E-state index is -0.373. The number of likely N-dealkylation sites (tertiary alicyclic amines) is 1. The number of fused-ring (bicyclic) bond motifs is 2. The van der Waals surface area contributed by atoms with Gasteiger partial charge in [0.2, 0.25) is 5.91 Å². The van der Waals surface area contributed by atoms with Gasteiger partial charge in [0.25, 0.3) is 5.91 Å². The molecule has 0 unspecified atom stereocenters. The molecule has 2 aliphatic rings. The van der Waals surface area contributed by atoms with E-state index in [-0.39, 0.29) is 35.3 Å². The second kappa shape index (κ2) is 5.20. The molecular formula is C18H23NO3. The third kappa shape index (κ3) is 2.09. The number of carbonyl (C=O) groups is 2. The van der Waals surface area contributed by atoms with E-state index in [1.165, 1.54) is 4.90 Å². The van der Waals surface area contributed by atoms with Crippen LogP contribution >= 0.6 is 0 Å². The number of imide groups is 1. The molecule has 1 aliphatic carbocycles. The number of hydrogen-bond donors (Lipinski definition) is 0. The first-order chi connectivity index (χ1) is 10.4. The van der Waals surface area contributed by atoms with E-state index >= 15 is 0 Å². The van der Waals surface area contributed by atoms with Crippen LogP contribution in [0.1, 0.15) is 39.2 Å². The molecule has 1 heterocycles. The summed E-state index contributed by atoms with van der Waals surface area (Å²) in [5.41, 5.74) is 0.498. The van der Waals surface area contributed by atoms with Crippen LogP contribution < -0.4 is 0 Å². The van der Waals surface area contributed by atoms with Crippen molar-refractivity contribution in [1.82, 2.24) is 4.90 Å². The van der Waals surface area contributed by atoms with Crippen LogP contribution in [0.4, 0.5) is 0 Å². The van der Waals surface area contributed by atoms with E-state index in [1.807, 2.05) is 37.3 Å². The maximum atomic E-state index is 12.5. The lowest BCUT2D eigenvalue weighted by Crippen LogP contribution is -2.53. The van der Waals surface area contributed by atoms with Crippen LogP contribution in [0.5, 0.6) is 0 Å². The van der Waals surface area contributed by atoms with E-state index in [9.17, 15) is 9.59 Å². The third-order valence-corrected chi connectivity index (χ3v) is 5.78. The standard InChI is InChI=1S/C18H23NO3/c1-17(2)14-9-10-18(17,3)19(16(14)21)15(20)12-22-11-13-7-5-4-6-8-13/h4-8,14H,9-12H2,1-3H3/t14-,18-/m1/s1. The Balaban J connectivity index is 1.65. The Morgan fingerprint density at radius 2 is 1.95 bits per heavy atom. The summed E-state index contributed by atoms with van der Waals surface area (Å²) in [5.74, 6) is -0.263. The fourth-order valence-corrected chi connectivity index (χ4v) is 4.01. The quantitative estimate of drug-likeness (QED) is 0.859. The highest BCUT2D eigenvalue weighted by Gasteiger charge is 2.66. The number of nitrogens with zero attached hydrogens (tertiary/aromatic N) is 1. The molecule has 0 aromatic heterocycles. The van der Waals surface area contributed by atoms with E-state index in [0.717, 1.165) is 18.4 Å². The van der Waals surface area contributed by atoms with Crippen molar-refractivity contribution in [2.45, 2.75) is 45.8 Å². The Labute approximate surface area is 131 Å². The van der Waals surface area contributed by atoms with Gasteiger partial charge in [-0.05, 0) is 30.7 Å². The molecule has 3 rings (SSSR count). The van der Waals surface area contributed by atoms with Gasteiger partial charge in [0.05, 0.1) is 12.1 Å². The molecule has 1 saturated carbocycles. The first-order valence-electron chi connectivity index (χ1n) is 7.86. The van der Waals surface area contributed by atoms with Crippen molar-refractivity contribution < 1.29 is 14.3 Å². The molecule has 2 bridgehead atoms. The highest BCUT2D eigenvalue weighted by molar-refractivity contribution is 6.01. The fraction of sp³-hybridized carbons (Fsp3) is 0.556. The topological polar surface area (TPSA) is 46.6 Å². The molecule has 4 nitrogen and oxygen atoms in total. The lowest BCUT2D eigenvalue weighted by atomic mass is 9.75. The van der Waals surface area contributed by atoms with Gasteiger partial charge in [-0.1, -0.05) is 44.2 Å². The monoisotopic (exact) mass is 301 g/mol. The Morgan fingerprint density at radius 3 is 2.55 bits per heavy atom. The van der Waals surface area contributed by atoms with Crippen molar-refractivity contribution >= 4 is 11.8 Å². The van der Waals surface area contributed by atoms with Crippen LogP contribution in [0.25, 0.3) is 0 Å². The Morgan fingerprint density at radius 1 is 1.27 bits per heavy atom. The minimum absolute atomic E-state index is 0.0212. The normalized spacial score (nSPS) is 29.1. The zero-order chi connectivity index (χ0) is 16.0. The molecule has 1 aromatic carbocycles. The van der Waals surface area contributed by atoms with Crippen LogP contribution in [0.15, 0.2) is 30.3 Å². The van der Waals surface area contributed by atoms with Gasteiger partial charge in [0.1, 0.15) is 6.61 Å². The van der Waals surface area contributed by atoms with Crippen LogP contribution in [0.3, 0.4) is 0 Å². The molecule has 1 aliphatic heterocycles. The van der Waals surface area contributed by atoms with Gasteiger partial charge in [0, 0.05) is 5.92 Å². The first-order valence-corrected chi connectivity index (χ1v) is 7.86. The Kier molecular flexibility index (Phi) is 3.60. The van der Waals surface area contributed by atoms with Gasteiger partial charge in [-0.3, -0.25) is 14.5 Å². The van der Waals surface area contributed by atoms with Crippen LogP contribution in [0.2, 0.25) is 0 Å². The summed E-state index contributed by atoms with van der Waals surface area (Å²) < 4.78 is 5.52. The number of rotatable bonds is 4. The molecule has 2 fully saturated rings. The summed E-state index contributed by atoms with van der Waals surface area (Å²) >= 11 is 0. The summed E-state index contributed by atoms with van der Waals surface area (Å²) in [6, 6.07) is 9.73. The number of piperidine rings is 1. The molecule has 118 valence electrons. The molecule has 0 spiro atoms. The van der Waals surface area contributed by atoms with Crippen molar-refractivity contribution in [2.75, 3.05) is 6.61 Å². The molecule has 2 amide bonds. The average molecular weight is 301 g/mol. The van der Waals surface area contributed by atoms with E-state index in [2.05, 4.69) is 13.8 Å².